The highest BCUT2D eigenvalue weighted by Crippen LogP contribution is 2.53. The molecule has 1 heterocycles. The van der Waals surface area contributed by atoms with E-state index in [1.807, 2.05) is 7.05 Å². The third kappa shape index (κ3) is 1.80. The van der Waals surface area contributed by atoms with Gasteiger partial charge >= 0.3 is 0 Å². The molecular formula is C17H19ClN2O. The topological polar surface area (TPSA) is 38.0 Å². The second-order valence-corrected chi connectivity index (χ2v) is 6.85. The van der Waals surface area contributed by atoms with Crippen molar-refractivity contribution in [2.75, 3.05) is 0 Å². The van der Waals surface area contributed by atoms with Crippen LogP contribution in [0.2, 0.25) is 5.02 Å². The summed E-state index contributed by atoms with van der Waals surface area (Å²) in [4.78, 5) is 0. The Bertz CT molecular complexity index is 641. The lowest BCUT2D eigenvalue weighted by molar-refractivity contribution is -0.0463. The van der Waals surface area contributed by atoms with Gasteiger partial charge in [0.15, 0.2) is 0 Å². The summed E-state index contributed by atoms with van der Waals surface area (Å²) >= 11 is 6.35. The van der Waals surface area contributed by atoms with Gasteiger partial charge in [-0.15, -0.1) is 0 Å². The van der Waals surface area contributed by atoms with E-state index in [-0.39, 0.29) is 11.8 Å². The van der Waals surface area contributed by atoms with Gasteiger partial charge in [-0.1, -0.05) is 35.9 Å². The summed E-state index contributed by atoms with van der Waals surface area (Å²) in [6.07, 6.45) is 5.59. The number of aliphatic hydroxyl groups is 1. The van der Waals surface area contributed by atoms with Crippen LogP contribution in [-0.2, 0) is 25.5 Å². The molecule has 2 atom stereocenters. The summed E-state index contributed by atoms with van der Waals surface area (Å²) < 4.78 is 1.75. The van der Waals surface area contributed by atoms with Gasteiger partial charge < -0.3 is 5.11 Å². The van der Waals surface area contributed by atoms with Gasteiger partial charge in [-0.05, 0) is 48.6 Å². The van der Waals surface area contributed by atoms with E-state index in [4.69, 9.17) is 11.6 Å². The standard InChI is InChI=1S/C17H19ClN2O/c1-20-16(15(18)10-19-20)17(21)13-6-7-14(17)9-12-5-3-2-4-11(12)8-13/h2-5,10,13-14,21H,6-9H2,1H3. The maximum atomic E-state index is 11.6. The van der Waals surface area contributed by atoms with E-state index in [2.05, 4.69) is 29.4 Å². The molecule has 0 amide bonds. The molecule has 0 spiro atoms. The third-order valence-electron chi connectivity index (χ3n) is 5.43. The SMILES string of the molecule is Cn1ncc(Cl)c1C1(O)C2CCC1Cc1ccccc1C2. The molecule has 4 rings (SSSR count). The summed E-state index contributed by atoms with van der Waals surface area (Å²) in [5.41, 5.74) is 2.69. The highest BCUT2D eigenvalue weighted by Gasteiger charge is 2.53. The van der Waals surface area contributed by atoms with Crippen molar-refractivity contribution in [3.63, 3.8) is 0 Å². The Hall–Kier alpha value is -1.32. The number of aromatic nitrogens is 2. The lowest BCUT2D eigenvalue weighted by Crippen LogP contribution is -2.39. The monoisotopic (exact) mass is 302 g/mol. The fourth-order valence-electron chi connectivity index (χ4n) is 4.43. The average Bonchev–Trinajstić information content (AvgIpc) is 2.89. The first-order valence-electron chi connectivity index (χ1n) is 7.58. The zero-order chi connectivity index (χ0) is 14.6. The molecule has 2 aliphatic rings. The van der Waals surface area contributed by atoms with Crippen LogP contribution in [0.3, 0.4) is 0 Å². The maximum absolute atomic E-state index is 11.6. The van der Waals surface area contributed by atoms with Crippen molar-refractivity contribution in [3.05, 3.63) is 52.3 Å². The molecule has 1 aromatic carbocycles. The third-order valence-corrected chi connectivity index (χ3v) is 5.71. The van der Waals surface area contributed by atoms with Gasteiger partial charge in [0.05, 0.1) is 16.9 Å². The van der Waals surface area contributed by atoms with Crippen LogP contribution in [0.25, 0.3) is 0 Å². The van der Waals surface area contributed by atoms with E-state index < -0.39 is 5.60 Å². The molecule has 2 aliphatic carbocycles. The largest absolute Gasteiger partial charge is 0.383 e. The van der Waals surface area contributed by atoms with Crippen molar-refractivity contribution in [1.82, 2.24) is 9.78 Å². The zero-order valence-corrected chi connectivity index (χ0v) is 12.8. The van der Waals surface area contributed by atoms with Gasteiger partial charge in [0, 0.05) is 7.05 Å². The Morgan fingerprint density at radius 3 is 2.24 bits per heavy atom. The normalized spacial score (nSPS) is 31.0. The first kappa shape index (κ1) is 13.4. The predicted octanol–water partition coefficient (Wildman–Crippen LogP) is 3.09. The summed E-state index contributed by atoms with van der Waals surface area (Å²) in [6, 6.07) is 8.57. The number of benzene rings is 1. The van der Waals surface area contributed by atoms with E-state index in [9.17, 15) is 5.11 Å². The molecule has 110 valence electrons. The molecule has 3 nitrogen and oxygen atoms in total. The molecule has 1 fully saturated rings. The molecule has 21 heavy (non-hydrogen) atoms. The quantitative estimate of drug-likeness (QED) is 0.879. The van der Waals surface area contributed by atoms with Crippen molar-refractivity contribution in [1.29, 1.82) is 0 Å². The number of nitrogens with zero attached hydrogens (tertiary/aromatic N) is 2. The molecule has 2 unspecified atom stereocenters. The minimum Gasteiger partial charge on any atom is -0.383 e. The smallest absolute Gasteiger partial charge is 0.114 e. The lowest BCUT2D eigenvalue weighted by Gasteiger charge is -2.34. The Morgan fingerprint density at radius 2 is 1.76 bits per heavy atom. The molecule has 4 heteroatoms. The van der Waals surface area contributed by atoms with Gasteiger partial charge in [-0.25, -0.2) is 0 Å². The molecule has 0 saturated heterocycles. The molecule has 1 N–H and O–H groups in total. The van der Waals surface area contributed by atoms with E-state index in [0.29, 0.717) is 5.02 Å². The Kier molecular flexibility index (Phi) is 2.92. The lowest BCUT2D eigenvalue weighted by atomic mass is 9.79. The molecule has 2 aromatic rings. The van der Waals surface area contributed by atoms with Crippen molar-refractivity contribution >= 4 is 11.6 Å². The van der Waals surface area contributed by atoms with Gasteiger partial charge in [-0.3, -0.25) is 4.68 Å². The number of halogens is 1. The number of aryl methyl sites for hydroxylation is 1. The fraction of sp³-hybridized carbons (Fsp3) is 0.471. The Balaban J connectivity index is 1.85. The van der Waals surface area contributed by atoms with Gasteiger partial charge in [0.2, 0.25) is 0 Å². The molecule has 2 bridgehead atoms. The molecule has 0 radical (unpaired) electrons. The number of hydrogen-bond donors (Lipinski definition) is 1. The van der Waals surface area contributed by atoms with Crippen LogP contribution >= 0.6 is 11.6 Å². The van der Waals surface area contributed by atoms with Crippen LogP contribution in [0.15, 0.2) is 30.5 Å². The summed E-state index contributed by atoms with van der Waals surface area (Å²) in [5.74, 6) is 0.443. The molecular weight excluding hydrogens is 284 g/mol. The van der Waals surface area contributed by atoms with Gasteiger partial charge in [-0.2, -0.15) is 5.10 Å². The molecule has 1 aromatic heterocycles. The minimum absolute atomic E-state index is 0.221. The van der Waals surface area contributed by atoms with E-state index >= 15 is 0 Å². The predicted molar refractivity (Wildman–Crippen MR) is 82.2 cm³/mol. The second kappa shape index (κ2) is 4.59. The van der Waals surface area contributed by atoms with Gasteiger partial charge in [0.1, 0.15) is 5.60 Å². The van der Waals surface area contributed by atoms with Crippen molar-refractivity contribution < 1.29 is 5.11 Å². The Labute approximate surface area is 129 Å². The average molecular weight is 303 g/mol. The number of hydrogen-bond acceptors (Lipinski definition) is 2. The minimum atomic E-state index is -0.860. The van der Waals surface area contributed by atoms with Gasteiger partial charge in [0.25, 0.3) is 0 Å². The Morgan fingerprint density at radius 1 is 1.19 bits per heavy atom. The van der Waals surface area contributed by atoms with Crippen LogP contribution in [0, 0.1) is 11.8 Å². The first-order chi connectivity index (χ1) is 10.1. The van der Waals surface area contributed by atoms with Crippen LogP contribution in [-0.4, -0.2) is 14.9 Å². The summed E-state index contributed by atoms with van der Waals surface area (Å²) in [6.45, 7) is 0. The molecule has 1 saturated carbocycles. The maximum Gasteiger partial charge on any atom is 0.114 e. The van der Waals surface area contributed by atoms with Crippen molar-refractivity contribution in [3.8, 4) is 0 Å². The van der Waals surface area contributed by atoms with Crippen molar-refractivity contribution in [2.45, 2.75) is 31.3 Å². The van der Waals surface area contributed by atoms with Crippen LogP contribution in [0.5, 0.6) is 0 Å². The van der Waals surface area contributed by atoms with Crippen LogP contribution < -0.4 is 0 Å². The summed E-state index contributed by atoms with van der Waals surface area (Å²) in [7, 11) is 1.87. The fourth-order valence-corrected chi connectivity index (χ4v) is 4.74. The highest BCUT2D eigenvalue weighted by molar-refractivity contribution is 6.31. The highest BCUT2D eigenvalue weighted by atomic mass is 35.5. The number of fused-ring (bicyclic) bond motifs is 3. The van der Waals surface area contributed by atoms with Crippen LogP contribution in [0.1, 0.15) is 29.7 Å². The molecule has 0 aliphatic heterocycles. The van der Waals surface area contributed by atoms with E-state index in [1.54, 1.807) is 10.9 Å². The van der Waals surface area contributed by atoms with Crippen molar-refractivity contribution in [2.24, 2.45) is 18.9 Å². The summed E-state index contributed by atoms with van der Waals surface area (Å²) in [5, 5.41) is 16.4. The van der Waals surface area contributed by atoms with Crippen LogP contribution in [0.4, 0.5) is 0 Å². The van der Waals surface area contributed by atoms with E-state index in [1.165, 1.54) is 11.1 Å². The van der Waals surface area contributed by atoms with E-state index in [0.717, 1.165) is 31.4 Å². The first-order valence-corrected chi connectivity index (χ1v) is 7.95. The zero-order valence-electron chi connectivity index (χ0n) is 12.1. The number of rotatable bonds is 1. The second-order valence-electron chi connectivity index (χ2n) is 6.44.